The Kier molecular flexibility index (Phi) is 4.26. The van der Waals surface area contributed by atoms with Gasteiger partial charge in [0.05, 0.1) is 18.7 Å². The van der Waals surface area contributed by atoms with Gasteiger partial charge in [-0.1, -0.05) is 0 Å². The molecule has 0 spiro atoms. The van der Waals surface area contributed by atoms with Crippen LogP contribution in [0.25, 0.3) is 0 Å². The summed E-state index contributed by atoms with van der Waals surface area (Å²) in [5.41, 5.74) is 0.958. The highest BCUT2D eigenvalue weighted by atomic mass is 16.4. The molecule has 1 saturated carbocycles. The van der Waals surface area contributed by atoms with Crippen molar-refractivity contribution in [1.29, 1.82) is 0 Å². The van der Waals surface area contributed by atoms with Crippen LogP contribution in [0.1, 0.15) is 24.8 Å². The van der Waals surface area contributed by atoms with Crippen LogP contribution in [0.3, 0.4) is 0 Å². The van der Waals surface area contributed by atoms with Crippen molar-refractivity contribution in [3.8, 4) is 0 Å². The van der Waals surface area contributed by atoms with E-state index in [-0.39, 0.29) is 18.0 Å². The van der Waals surface area contributed by atoms with Crippen LogP contribution in [-0.2, 0) is 18.4 Å². The Labute approximate surface area is 117 Å². The van der Waals surface area contributed by atoms with Crippen molar-refractivity contribution in [2.45, 2.75) is 31.8 Å². The van der Waals surface area contributed by atoms with E-state index in [1.54, 1.807) is 22.8 Å². The average Bonchev–Trinajstić information content (AvgIpc) is 2.98. The van der Waals surface area contributed by atoms with Gasteiger partial charge in [0.15, 0.2) is 0 Å². The molecule has 7 heteroatoms. The zero-order chi connectivity index (χ0) is 14.7. The summed E-state index contributed by atoms with van der Waals surface area (Å²) in [5.74, 6) is -1.10. The van der Waals surface area contributed by atoms with E-state index in [1.165, 1.54) is 0 Å². The summed E-state index contributed by atoms with van der Waals surface area (Å²) in [4.78, 5) is 24.5. The number of urea groups is 1. The van der Waals surface area contributed by atoms with Crippen LogP contribution in [0.2, 0.25) is 0 Å². The smallest absolute Gasteiger partial charge is 0.317 e. The number of hydrogen-bond acceptors (Lipinski definition) is 3. The Hall–Kier alpha value is -2.05. The fourth-order valence-corrected chi connectivity index (χ4v) is 2.52. The van der Waals surface area contributed by atoms with Gasteiger partial charge in [0.2, 0.25) is 0 Å². The lowest BCUT2D eigenvalue weighted by molar-refractivity contribution is -0.141. The summed E-state index contributed by atoms with van der Waals surface area (Å²) < 4.78 is 1.69. The van der Waals surface area contributed by atoms with Crippen LogP contribution in [-0.4, -0.2) is 44.9 Å². The third kappa shape index (κ3) is 3.49. The van der Waals surface area contributed by atoms with E-state index in [0.29, 0.717) is 19.4 Å². The van der Waals surface area contributed by atoms with Gasteiger partial charge in [0.1, 0.15) is 0 Å². The molecule has 1 aliphatic rings. The van der Waals surface area contributed by atoms with Gasteiger partial charge in [-0.25, -0.2) is 4.79 Å². The van der Waals surface area contributed by atoms with Gasteiger partial charge in [-0.15, -0.1) is 0 Å². The molecule has 0 bridgehead atoms. The summed E-state index contributed by atoms with van der Waals surface area (Å²) in [6, 6.07) is -0.218. The molecule has 1 aliphatic carbocycles. The number of aryl methyl sites for hydroxylation is 1. The van der Waals surface area contributed by atoms with E-state index in [0.717, 1.165) is 12.0 Å². The van der Waals surface area contributed by atoms with Crippen LogP contribution < -0.4 is 5.32 Å². The summed E-state index contributed by atoms with van der Waals surface area (Å²) in [7, 11) is 3.54. The third-order valence-electron chi connectivity index (χ3n) is 3.63. The molecule has 110 valence electrons. The number of nitrogens with one attached hydrogen (secondary N) is 1. The highest BCUT2D eigenvalue weighted by Crippen LogP contribution is 2.25. The van der Waals surface area contributed by atoms with Gasteiger partial charge in [0.25, 0.3) is 0 Å². The van der Waals surface area contributed by atoms with E-state index < -0.39 is 5.97 Å². The molecular formula is C13H20N4O3. The first-order valence-electron chi connectivity index (χ1n) is 6.67. The summed E-state index contributed by atoms with van der Waals surface area (Å²) >= 11 is 0. The van der Waals surface area contributed by atoms with E-state index in [1.807, 2.05) is 13.2 Å². The van der Waals surface area contributed by atoms with Gasteiger partial charge < -0.3 is 15.3 Å². The van der Waals surface area contributed by atoms with E-state index >= 15 is 0 Å². The number of aromatic nitrogens is 2. The minimum atomic E-state index is -0.773. The molecule has 1 heterocycles. The first-order chi connectivity index (χ1) is 9.45. The molecule has 0 saturated heterocycles. The first-order valence-corrected chi connectivity index (χ1v) is 6.67. The Morgan fingerprint density at radius 3 is 2.85 bits per heavy atom. The van der Waals surface area contributed by atoms with E-state index in [9.17, 15) is 9.59 Å². The molecule has 2 rings (SSSR count). The van der Waals surface area contributed by atoms with Gasteiger partial charge in [-0.05, 0) is 19.3 Å². The predicted molar refractivity (Wildman–Crippen MR) is 72.0 cm³/mol. The molecule has 2 N–H and O–H groups in total. The lowest BCUT2D eigenvalue weighted by atomic mass is 10.1. The van der Waals surface area contributed by atoms with Crippen LogP contribution in [0, 0.1) is 5.92 Å². The van der Waals surface area contributed by atoms with Gasteiger partial charge in [0, 0.05) is 31.9 Å². The van der Waals surface area contributed by atoms with Crippen LogP contribution in [0.4, 0.5) is 4.79 Å². The van der Waals surface area contributed by atoms with E-state index in [2.05, 4.69) is 10.4 Å². The molecule has 20 heavy (non-hydrogen) atoms. The fraction of sp³-hybridized carbons (Fsp3) is 0.615. The topological polar surface area (TPSA) is 87.5 Å². The lowest BCUT2D eigenvalue weighted by Gasteiger charge is -2.20. The minimum Gasteiger partial charge on any atom is -0.481 e. The molecule has 1 aromatic rings. The zero-order valence-electron chi connectivity index (χ0n) is 11.7. The Bertz CT molecular complexity index is 500. The second-order valence-electron chi connectivity index (χ2n) is 5.37. The molecule has 0 radical (unpaired) electrons. The molecule has 1 aromatic heterocycles. The molecule has 0 aliphatic heterocycles. The second kappa shape index (κ2) is 5.94. The highest BCUT2D eigenvalue weighted by molar-refractivity contribution is 5.75. The maximum absolute atomic E-state index is 12.0. The van der Waals surface area contributed by atoms with Crippen LogP contribution >= 0.6 is 0 Å². The maximum atomic E-state index is 12.0. The highest BCUT2D eigenvalue weighted by Gasteiger charge is 2.31. The quantitative estimate of drug-likeness (QED) is 0.854. The lowest BCUT2D eigenvalue weighted by Crippen LogP contribution is -2.41. The summed E-state index contributed by atoms with van der Waals surface area (Å²) in [6.07, 6.45) is 5.46. The number of aliphatic carboxylic acids is 1. The first kappa shape index (κ1) is 14.4. The zero-order valence-corrected chi connectivity index (χ0v) is 11.7. The number of carbonyl (C=O) groups is 2. The third-order valence-corrected chi connectivity index (χ3v) is 3.63. The molecular weight excluding hydrogens is 260 g/mol. The second-order valence-corrected chi connectivity index (χ2v) is 5.37. The molecule has 2 amide bonds. The molecule has 1 fully saturated rings. The Morgan fingerprint density at radius 2 is 2.30 bits per heavy atom. The summed E-state index contributed by atoms with van der Waals surface area (Å²) in [5, 5.41) is 15.9. The van der Waals surface area contributed by atoms with Crippen molar-refractivity contribution < 1.29 is 14.7 Å². The Morgan fingerprint density at radius 1 is 1.55 bits per heavy atom. The standard InChI is InChI=1S/C13H20N4O3/c1-16(7-9-6-14-17(2)8-9)13(20)15-11-4-3-10(5-11)12(18)19/h6,8,10-11H,3-5,7H2,1-2H3,(H,15,20)(H,18,19). The fourth-order valence-electron chi connectivity index (χ4n) is 2.52. The Balaban J connectivity index is 1.81. The van der Waals surface area contributed by atoms with Crippen molar-refractivity contribution >= 4 is 12.0 Å². The summed E-state index contributed by atoms with van der Waals surface area (Å²) in [6.45, 7) is 0.481. The number of carbonyl (C=O) groups excluding carboxylic acids is 1. The van der Waals surface area contributed by atoms with Crippen molar-refractivity contribution in [3.05, 3.63) is 18.0 Å². The van der Waals surface area contributed by atoms with Crippen molar-refractivity contribution in [2.24, 2.45) is 13.0 Å². The molecule has 0 aromatic carbocycles. The largest absolute Gasteiger partial charge is 0.481 e. The van der Waals surface area contributed by atoms with Crippen molar-refractivity contribution in [2.75, 3.05) is 7.05 Å². The SMILES string of the molecule is CN(Cc1cnn(C)c1)C(=O)NC1CCC(C(=O)O)C1. The number of nitrogens with zero attached hydrogens (tertiary/aromatic N) is 3. The number of amides is 2. The minimum absolute atomic E-state index is 0.0417. The van der Waals surface area contributed by atoms with Gasteiger partial charge >= 0.3 is 12.0 Å². The van der Waals surface area contributed by atoms with Crippen LogP contribution in [0.5, 0.6) is 0 Å². The normalized spacial score (nSPS) is 21.7. The van der Waals surface area contributed by atoms with E-state index in [4.69, 9.17) is 5.11 Å². The maximum Gasteiger partial charge on any atom is 0.317 e. The number of hydrogen-bond donors (Lipinski definition) is 2. The van der Waals surface area contributed by atoms with Gasteiger partial charge in [-0.3, -0.25) is 9.48 Å². The number of carboxylic acid groups (broad SMARTS) is 1. The predicted octanol–water partition coefficient (Wildman–Crippen LogP) is 0.815. The monoisotopic (exact) mass is 280 g/mol. The number of rotatable bonds is 4. The average molecular weight is 280 g/mol. The molecule has 2 unspecified atom stereocenters. The molecule has 7 nitrogen and oxygen atoms in total. The van der Waals surface area contributed by atoms with Crippen molar-refractivity contribution in [3.63, 3.8) is 0 Å². The molecule has 2 atom stereocenters. The van der Waals surface area contributed by atoms with Crippen molar-refractivity contribution in [1.82, 2.24) is 20.0 Å². The van der Waals surface area contributed by atoms with Gasteiger partial charge in [-0.2, -0.15) is 5.10 Å². The van der Waals surface area contributed by atoms with Crippen LogP contribution in [0.15, 0.2) is 12.4 Å². The number of carboxylic acids is 1.